The summed E-state index contributed by atoms with van der Waals surface area (Å²) in [4.78, 5) is 23.6. The second-order valence-corrected chi connectivity index (χ2v) is 5.79. The van der Waals surface area contributed by atoms with Gasteiger partial charge in [-0.25, -0.2) is 0 Å². The highest BCUT2D eigenvalue weighted by Gasteiger charge is 2.22. The molecule has 0 aliphatic rings. The molecule has 2 aromatic rings. The van der Waals surface area contributed by atoms with Crippen LogP contribution in [0.5, 0.6) is 11.5 Å². The van der Waals surface area contributed by atoms with Crippen molar-refractivity contribution in [1.82, 2.24) is 5.32 Å². The lowest BCUT2D eigenvalue weighted by molar-refractivity contribution is -0.137. The van der Waals surface area contributed by atoms with E-state index in [-0.39, 0.29) is 12.2 Å². The molecule has 1 amide bonds. The van der Waals surface area contributed by atoms with Gasteiger partial charge in [-0.2, -0.15) is 0 Å². The molecule has 1 aromatic heterocycles. The summed E-state index contributed by atoms with van der Waals surface area (Å²) in [6.45, 7) is 4.27. The lowest BCUT2D eigenvalue weighted by atomic mass is 10.0. The maximum Gasteiger partial charge on any atom is 0.305 e. The highest BCUT2D eigenvalue weighted by atomic mass is 16.5. The fourth-order valence-electron chi connectivity index (χ4n) is 2.44. The SMILES string of the molecule is CCCOc1ccc(C(CC(=O)O)NC(=O)c2ccc(C)o2)cc1OC. The smallest absolute Gasteiger partial charge is 0.305 e. The Balaban J connectivity index is 2.25. The summed E-state index contributed by atoms with van der Waals surface area (Å²) in [7, 11) is 1.51. The molecular formula is C19H23NO6. The summed E-state index contributed by atoms with van der Waals surface area (Å²) < 4.78 is 16.2. The van der Waals surface area contributed by atoms with Crippen LogP contribution in [0.2, 0.25) is 0 Å². The Morgan fingerprint density at radius 3 is 2.58 bits per heavy atom. The normalized spacial score (nSPS) is 11.7. The average Bonchev–Trinajstić information content (AvgIpc) is 3.05. The van der Waals surface area contributed by atoms with Crippen LogP contribution >= 0.6 is 0 Å². The molecule has 0 aliphatic heterocycles. The average molecular weight is 361 g/mol. The van der Waals surface area contributed by atoms with Gasteiger partial charge in [-0.3, -0.25) is 9.59 Å². The summed E-state index contributed by atoms with van der Waals surface area (Å²) in [5.41, 5.74) is 0.602. The number of furan rings is 1. The molecule has 0 radical (unpaired) electrons. The Labute approximate surface area is 151 Å². The number of hydrogen-bond acceptors (Lipinski definition) is 5. The molecule has 7 heteroatoms. The first-order chi connectivity index (χ1) is 12.4. The number of carboxylic acids is 1. The minimum absolute atomic E-state index is 0.132. The molecule has 2 rings (SSSR count). The van der Waals surface area contributed by atoms with Crippen LogP contribution in [0.15, 0.2) is 34.7 Å². The van der Waals surface area contributed by atoms with Crippen LogP contribution in [0.25, 0.3) is 0 Å². The number of carbonyl (C=O) groups excluding carboxylic acids is 1. The molecule has 0 aliphatic carbocycles. The van der Waals surface area contributed by atoms with Gasteiger partial charge in [0.1, 0.15) is 5.76 Å². The van der Waals surface area contributed by atoms with Gasteiger partial charge >= 0.3 is 5.97 Å². The van der Waals surface area contributed by atoms with Gasteiger partial charge in [0, 0.05) is 0 Å². The molecule has 0 saturated heterocycles. The minimum Gasteiger partial charge on any atom is -0.493 e. The quantitative estimate of drug-likeness (QED) is 0.711. The molecule has 140 valence electrons. The van der Waals surface area contributed by atoms with E-state index in [2.05, 4.69) is 5.32 Å². The Morgan fingerprint density at radius 2 is 2.00 bits per heavy atom. The molecule has 0 saturated carbocycles. The largest absolute Gasteiger partial charge is 0.493 e. The molecule has 1 heterocycles. The van der Waals surface area contributed by atoms with Gasteiger partial charge in [-0.1, -0.05) is 13.0 Å². The van der Waals surface area contributed by atoms with Crippen molar-refractivity contribution >= 4 is 11.9 Å². The third-order valence-corrected chi connectivity index (χ3v) is 3.70. The molecule has 1 atom stereocenters. The zero-order valence-electron chi connectivity index (χ0n) is 15.1. The molecule has 0 fully saturated rings. The first kappa shape index (κ1) is 19.4. The summed E-state index contributed by atoms with van der Waals surface area (Å²) >= 11 is 0. The Morgan fingerprint density at radius 1 is 1.23 bits per heavy atom. The number of carboxylic acid groups (broad SMARTS) is 1. The maximum absolute atomic E-state index is 12.3. The number of benzene rings is 1. The number of ether oxygens (including phenoxy) is 2. The zero-order chi connectivity index (χ0) is 19.1. The number of amides is 1. The van der Waals surface area contributed by atoms with E-state index in [1.807, 2.05) is 6.92 Å². The second kappa shape index (κ2) is 8.94. The van der Waals surface area contributed by atoms with Gasteiger partial charge in [0.15, 0.2) is 17.3 Å². The highest BCUT2D eigenvalue weighted by molar-refractivity contribution is 5.92. The van der Waals surface area contributed by atoms with Gasteiger partial charge in [-0.15, -0.1) is 0 Å². The summed E-state index contributed by atoms with van der Waals surface area (Å²) in [5, 5.41) is 11.9. The monoisotopic (exact) mass is 361 g/mol. The number of aliphatic carboxylic acids is 1. The summed E-state index contributed by atoms with van der Waals surface area (Å²) in [6.07, 6.45) is 0.578. The van der Waals surface area contributed by atoms with Crippen LogP contribution in [-0.4, -0.2) is 30.7 Å². The number of rotatable bonds is 9. The number of aryl methyl sites for hydroxylation is 1. The van der Waals surface area contributed by atoms with E-state index in [1.165, 1.54) is 7.11 Å². The summed E-state index contributed by atoms with van der Waals surface area (Å²) in [5.74, 6) is 0.275. The Kier molecular flexibility index (Phi) is 6.66. The van der Waals surface area contributed by atoms with Crippen LogP contribution < -0.4 is 14.8 Å². The number of carbonyl (C=O) groups is 2. The number of methoxy groups -OCH3 is 1. The van der Waals surface area contributed by atoms with Crippen LogP contribution in [0, 0.1) is 6.92 Å². The molecule has 7 nitrogen and oxygen atoms in total. The Bertz CT molecular complexity index is 767. The molecule has 0 spiro atoms. The Hall–Kier alpha value is -2.96. The molecule has 2 N–H and O–H groups in total. The van der Waals surface area contributed by atoms with Crippen LogP contribution in [-0.2, 0) is 4.79 Å². The van der Waals surface area contributed by atoms with E-state index < -0.39 is 17.9 Å². The van der Waals surface area contributed by atoms with Gasteiger partial charge in [0.2, 0.25) is 0 Å². The lowest BCUT2D eigenvalue weighted by Crippen LogP contribution is -2.30. The number of nitrogens with one attached hydrogen (secondary N) is 1. The minimum atomic E-state index is -1.03. The molecule has 26 heavy (non-hydrogen) atoms. The van der Waals surface area contributed by atoms with Crippen molar-refractivity contribution in [3.63, 3.8) is 0 Å². The van der Waals surface area contributed by atoms with Crippen molar-refractivity contribution in [2.45, 2.75) is 32.7 Å². The van der Waals surface area contributed by atoms with E-state index in [9.17, 15) is 14.7 Å². The van der Waals surface area contributed by atoms with E-state index in [0.717, 1.165) is 6.42 Å². The molecule has 1 unspecified atom stereocenters. The van der Waals surface area contributed by atoms with Crippen LogP contribution in [0.1, 0.15) is 47.7 Å². The molecule has 0 bridgehead atoms. The van der Waals surface area contributed by atoms with E-state index in [0.29, 0.717) is 29.4 Å². The van der Waals surface area contributed by atoms with Crippen LogP contribution in [0.3, 0.4) is 0 Å². The standard InChI is InChI=1S/C19H23NO6/c1-4-9-25-15-8-6-13(10-17(15)24-3)14(11-18(21)22)20-19(23)16-7-5-12(2)26-16/h5-8,10,14H,4,9,11H2,1-3H3,(H,20,23)(H,21,22). The third-order valence-electron chi connectivity index (χ3n) is 3.70. The van der Waals surface area contributed by atoms with Crippen molar-refractivity contribution in [3.05, 3.63) is 47.4 Å². The van der Waals surface area contributed by atoms with Crippen molar-refractivity contribution < 1.29 is 28.6 Å². The van der Waals surface area contributed by atoms with Crippen molar-refractivity contribution in [3.8, 4) is 11.5 Å². The van der Waals surface area contributed by atoms with Crippen molar-refractivity contribution in [1.29, 1.82) is 0 Å². The summed E-state index contributed by atoms with van der Waals surface area (Å²) in [6, 6.07) is 7.58. The fraction of sp³-hybridized carbons (Fsp3) is 0.368. The van der Waals surface area contributed by atoms with Crippen molar-refractivity contribution in [2.24, 2.45) is 0 Å². The highest BCUT2D eigenvalue weighted by Crippen LogP contribution is 2.31. The third kappa shape index (κ3) is 5.02. The molecule has 1 aromatic carbocycles. The number of hydrogen-bond donors (Lipinski definition) is 2. The second-order valence-electron chi connectivity index (χ2n) is 5.79. The van der Waals surface area contributed by atoms with E-state index >= 15 is 0 Å². The van der Waals surface area contributed by atoms with Gasteiger partial charge in [0.25, 0.3) is 5.91 Å². The predicted octanol–water partition coefficient (Wildman–Crippen LogP) is 3.33. The molecular weight excluding hydrogens is 338 g/mol. The predicted molar refractivity (Wildman–Crippen MR) is 94.7 cm³/mol. The van der Waals surface area contributed by atoms with E-state index in [4.69, 9.17) is 13.9 Å². The fourth-order valence-corrected chi connectivity index (χ4v) is 2.44. The van der Waals surface area contributed by atoms with Crippen LogP contribution in [0.4, 0.5) is 0 Å². The first-order valence-electron chi connectivity index (χ1n) is 8.34. The van der Waals surface area contributed by atoms with Gasteiger partial charge < -0.3 is 24.3 Å². The van der Waals surface area contributed by atoms with Gasteiger partial charge in [-0.05, 0) is 43.2 Å². The first-order valence-corrected chi connectivity index (χ1v) is 8.34. The lowest BCUT2D eigenvalue weighted by Gasteiger charge is -2.19. The van der Waals surface area contributed by atoms with E-state index in [1.54, 1.807) is 37.3 Å². The zero-order valence-corrected chi connectivity index (χ0v) is 15.1. The van der Waals surface area contributed by atoms with Gasteiger partial charge in [0.05, 0.1) is 26.2 Å². The van der Waals surface area contributed by atoms with Crippen molar-refractivity contribution in [2.75, 3.05) is 13.7 Å². The maximum atomic E-state index is 12.3. The topological polar surface area (TPSA) is 98.0 Å².